The third-order valence-electron chi connectivity index (χ3n) is 4.22. The fourth-order valence-corrected chi connectivity index (χ4v) is 2.58. The van der Waals surface area contributed by atoms with E-state index in [2.05, 4.69) is 0 Å². The molecule has 0 unspecified atom stereocenters. The van der Waals surface area contributed by atoms with Gasteiger partial charge in [0.25, 0.3) is 0 Å². The molecule has 2 rings (SSSR count). The lowest BCUT2D eigenvalue weighted by atomic mass is 9.80. The van der Waals surface area contributed by atoms with Crippen molar-refractivity contribution in [1.82, 2.24) is 4.90 Å². The van der Waals surface area contributed by atoms with E-state index in [9.17, 15) is 9.59 Å². The third-order valence-corrected chi connectivity index (χ3v) is 4.22. The number of likely N-dealkylation sites (tertiary alicyclic amines) is 1. The molecule has 0 saturated carbocycles. The molecule has 2 aliphatic heterocycles. The first-order valence-electron chi connectivity index (χ1n) is 6.60. The van der Waals surface area contributed by atoms with Gasteiger partial charge in [0.15, 0.2) is 0 Å². The van der Waals surface area contributed by atoms with Crippen molar-refractivity contribution in [1.29, 1.82) is 0 Å². The second kappa shape index (κ2) is 5.26. The van der Waals surface area contributed by atoms with Gasteiger partial charge in [-0.15, -0.1) is 0 Å². The van der Waals surface area contributed by atoms with Crippen LogP contribution in [0.5, 0.6) is 0 Å². The van der Waals surface area contributed by atoms with Crippen LogP contribution in [0.15, 0.2) is 0 Å². The van der Waals surface area contributed by atoms with E-state index in [0.717, 1.165) is 13.0 Å². The Morgan fingerprint density at radius 2 is 2.06 bits per heavy atom. The summed E-state index contributed by atoms with van der Waals surface area (Å²) in [5, 5.41) is 9.13. The maximum atomic E-state index is 12.1. The Morgan fingerprint density at radius 3 is 2.56 bits per heavy atom. The molecule has 2 fully saturated rings. The zero-order chi connectivity index (χ0) is 13.2. The van der Waals surface area contributed by atoms with Crippen LogP contribution in [0.3, 0.4) is 0 Å². The van der Waals surface area contributed by atoms with Crippen molar-refractivity contribution in [3.8, 4) is 0 Å². The zero-order valence-electron chi connectivity index (χ0n) is 10.9. The first-order valence-corrected chi connectivity index (χ1v) is 6.60. The normalized spacial score (nSPS) is 27.2. The predicted molar refractivity (Wildman–Crippen MR) is 65.1 cm³/mol. The van der Waals surface area contributed by atoms with E-state index in [0.29, 0.717) is 44.9 Å². The highest BCUT2D eigenvalue weighted by Crippen LogP contribution is 2.31. The number of amides is 1. The van der Waals surface area contributed by atoms with Gasteiger partial charge < -0.3 is 14.7 Å². The first kappa shape index (κ1) is 13.3. The van der Waals surface area contributed by atoms with E-state index in [1.165, 1.54) is 0 Å². The molecule has 1 atom stereocenters. The summed E-state index contributed by atoms with van der Waals surface area (Å²) < 4.78 is 5.26. The van der Waals surface area contributed by atoms with Gasteiger partial charge in [0, 0.05) is 32.7 Å². The number of aliphatic carboxylic acids is 1. The quantitative estimate of drug-likeness (QED) is 0.821. The van der Waals surface area contributed by atoms with E-state index in [1.54, 1.807) is 6.92 Å². The molecule has 1 amide bonds. The molecule has 2 saturated heterocycles. The molecular weight excluding hydrogens is 234 g/mol. The fraction of sp³-hybridized carbons (Fsp3) is 0.846. The minimum Gasteiger partial charge on any atom is -0.481 e. The maximum Gasteiger partial charge on any atom is 0.309 e. The third kappa shape index (κ3) is 2.83. The number of carbonyl (C=O) groups is 2. The minimum absolute atomic E-state index is 0.151. The van der Waals surface area contributed by atoms with Gasteiger partial charge in [-0.25, -0.2) is 0 Å². The van der Waals surface area contributed by atoms with Crippen molar-refractivity contribution in [2.24, 2.45) is 11.3 Å². The molecule has 102 valence electrons. The number of nitrogens with zero attached hydrogens (tertiary/aromatic N) is 1. The van der Waals surface area contributed by atoms with Crippen LogP contribution in [0.4, 0.5) is 0 Å². The molecule has 0 aromatic rings. The molecule has 0 aromatic heterocycles. The Labute approximate surface area is 107 Å². The molecule has 1 N–H and O–H groups in total. The standard InChI is InChI=1S/C13H21NO4/c1-13(12(16)17)3-5-14(6-4-13)11(15)8-10-2-7-18-9-10/h10H,2-9H2,1H3,(H,16,17)/t10-/m0/s1. The average Bonchev–Trinajstić information content (AvgIpc) is 2.82. The van der Waals surface area contributed by atoms with E-state index in [-0.39, 0.29) is 5.91 Å². The molecule has 0 spiro atoms. The van der Waals surface area contributed by atoms with E-state index >= 15 is 0 Å². The van der Waals surface area contributed by atoms with E-state index < -0.39 is 11.4 Å². The summed E-state index contributed by atoms with van der Waals surface area (Å²) >= 11 is 0. The molecule has 0 bridgehead atoms. The Bertz CT molecular complexity index is 328. The summed E-state index contributed by atoms with van der Waals surface area (Å²) in [7, 11) is 0. The van der Waals surface area contributed by atoms with Crippen LogP contribution in [0, 0.1) is 11.3 Å². The maximum absolute atomic E-state index is 12.1. The Hall–Kier alpha value is -1.10. The van der Waals surface area contributed by atoms with Crippen molar-refractivity contribution in [2.75, 3.05) is 26.3 Å². The summed E-state index contributed by atoms with van der Waals surface area (Å²) in [6, 6.07) is 0. The van der Waals surface area contributed by atoms with Crippen LogP contribution < -0.4 is 0 Å². The number of carboxylic acids is 1. The lowest BCUT2D eigenvalue weighted by molar-refractivity contribution is -0.153. The number of hydrogen-bond donors (Lipinski definition) is 1. The average molecular weight is 255 g/mol. The highest BCUT2D eigenvalue weighted by atomic mass is 16.5. The Kier molecular flexibility index (Phi) is 3.90. The van der Waals surface area contributed by atoms with Gasteiger partial charge in [-0.05, 0) is 32.1 Å². The van der Waals surface area contributed by atoms with Crippen molar-refractivity contribution in [3.05, 3.63) is 0 Å². The number of hydrogen-bond acceptors (Lipinski definition) is 3. The topological polar surface area (TPSA) is 66.8 Å². The molecule has 0 aromatic carbocycles. The van der Waals surface area contributed by atoms with Crippen LogP contribution in [0.2, 0.25) is 0 Å². The molecule has 18 heavy (non-hydrogen) atoms. The van der Waals surface area contributed by atoms with Gasteiger partial charge in [0.05, 0.1) is 5.41 Å². The monoisotopic (exact) mass is 255 g/mol. The number of carboxylic acid groups (broad SMARTS) is 1. The Balaban J connectivity index is 1.81. The molecular formula is C13H21NO4. The number of piperidine rings is 1. The molecule has 2 aliphatic rings. The van der Waals surface area contributed by atoms with Crippen LogP contribution in [0.1, 0.15) is 32.6 Å². The first-order chi connectivity index (χ1) is 8.51. The van der Waals surface area contributed by atoms with Crippen molar-refractivity contribution in [2.45, 2.75) is 32.6 Å². The van der Waals surface area contributed by atoms with Gasteiger partial charge in [0.1, 0.15) is 0 Å². The lowest BCUT2D eigenvalue weighted by Crippen LogP contribution is -2.45. The zero-order valence-corrected chi connectivity index (χ0v) is 10.9. The summed E-state index contributed by atoms with van der Waals surface area (Å²) in [4.78, 5) is 25.0. The number of carbonyl (C=O) groups excluding carboxylic acids is 1. The molecule has 0 radical (unpaired) electrons. The van der Waals surface area contributed by atoms with Gasteiger partial charge in [-0.3, -0.25) is 9.59 Å². The summed E-state index contributed by atoms with van der Waals surface area (Å²) in [5.74, 6) is -0.248. The summed E-state index contributed by atoms with van der Waals surface area (Å²) in [6.45, 7) is 4.34. The van der Waals surface area contributed by atoms with Crippen LogP contribution in [-0.4, -0.2) is 48.2 Å². The van der Waals surface area contributed by atoms with Gasteiger partial charge in [-0.1, -0.05) is 0 Å². The molecule has 5 heteroatoms. The van der Waals surface area contributed by atoms with Gasteiger partial charge in [-0.2, -0.15) is 0 Å². The summed E-state index contributed by atoms with van der Waals surface area (Å²) in [5.41, 5.74) is -0.659. The Morgan fingerprint density at radius 1 is 1.39 bits per heavy atom. The van der Waals surface area contributed by atoms with Crippen LogP contribution >= 0.6 is 0 Å². The SMILES string of the molecule is CC1(C(=O)O)CCN(C(=O)C[C@@H]2CCOC2)CC1. The minimum atomic E-state index is -0.751. The molecule has 5 nitrogen and oxygen atoms in total. The second-order valence-electron chi connectivity index (χ2n) is 5.68. The lowest BCUT2D eigenvalue weighted by Gasteiger charge is -2.36. The fourth-order valence-electron chi connectivity index (χ4n) is 2.58. The van der Waals surface area contributed by atoms with Crippen molar-refractivity contribution in [3.63, 3.8) is 0 Å². The molecule has 2 heterocycles. The van der Waals surface area contributed by atoms with Gasteiger partial charge in [0.2, 0.25) is 5.91 Å². The second-order valence-corrected chi connectivity index (χ2v) is 5.68. The number of rotatable bonds is 3. The smallest absolute Gasteiger partial charge is 0.309 e. The predicted octanol–water partition coefficient (Wildman–Crippen LogP) is 1.13. The largest absolute Gasteiger partial charge is 0.481 e. The van der Waals surface area contributed by atoms with Crippen LogP contribution in [-0.2, 0) is 14.3 Å². The van der Waals surface area contributed by atoms with Crippen LogP contribution in [0.25, 0.3) is 0 Å². The van der Waals surface area contributed by atoms with E-state index in [4.69, 9.17) is 9.84 Å². The highest BCUT2D eigenvalue weighted by Gasteiger charge is 2.38. The van der Waals surface area contributed by atoms with Crippen molar-refractivity contribution >= 4 is 11.9 Å². The highest BCUT2D eigenvalue weighted by molar-refractivity contribution is 5.78. The van der Waals surface area contributed by atoms with Gasteiger partial charge >= 0.3 is 5.97 Å². The van der Waals surface area contributed by atoms with Crippen molar-refractivity contribution < 1.29 is 19.4 Å². The van der Waals surface area contributed by atoms with E-state index in [1.807, 2.05) is 4.90 Å². The summed E-state index contributed by atoms with van der Waals surface area (Å²) in [6.07, 6.45) is 2.61. The number of ether oxygens (including phenoxy) is 1. The molecule has 0 aliphatic carbocycles.